The number of nitriles is 1. The highest BCUT2D eigenvalue weighted by atomic mass is 14.9. The molecule has 4 nitrogen and oxygen atoms in total. The van der Waals surface area contributed by atoms with Gasteiger partial charge in [-0.25, -0.2) is 0 Å². The molecule has 2 aromatic carbocycles. The van der Waals surface area contributed by atoms with Crippen LogP contribution in [0.3, 0.4) is 0 Å². The third kappa shape index (κ3) is 2.49. The predicted molar refractivity (Wildman–Crippen MR) is 85.3 cm³/mol. The third-order valence-corrected chi connectivity index (χ3v) is 3.30. The van der Waals surface area contributed by atoms with Crippen LogP contribution in [0, 0.1) is 18.3 Å². The second-order valence-electron chi connectivity index (χ2n) is 4.93. The Morgan fingerprint density at radius 2 is 2.05 bits per heavy atom. The average Bonchev–Trinajstić information content (AvgIpc) is 2.48. The smallest absolute Gasteiger partial charge is 0.103 e. The molecule has 0 aliphatic carbocycles. The molecule has 0 unspecified atom stereocenters. The topological polar surface area (TPSA) is 74.7 Å². The van der Waals surface area contributed by atoms with E-state index in [4.69, 9.17) is 5.73 Å². The van der Waals surface area contributed by atoms with Gasteiger partial charge < -0.3 is 11.1 Å². The van der Waals surface area contributed by atoms with Crippen LogP contribution in [0.4, 0.5) is 17.1 Å². The van der Waals surface area contributed by atoms with Gasteiger partial charge in [-0.05, 0) is 42.8 Å². The number of fused-ring (bicyclic) bond motifs is 1. The highest BCUT2D eigenvalue weighted by Crippen LogP contribution is 2.30. The molecule has 0 aliphatic rings. The van der Waals surface area contributed by atoms with Gasteiger partial charge in [-0.15, -0.1) is 0 Å². The highest BCUT2D eigenvalue weighted by Gasteiger charge is 2.09. The molecule has 1 aromatic heterocycles. The van der Waals surface area contributed by atoms with Crippen LogP contribution in [-0.2, 0) is 0 Å². The Labute approximate surface area is 122 Å². The number of aromatic nitrogens is 1. The van der Waals surface area contributed by atoms with E-state index in [0.29, 0.717) is 11.3 Å². The molecule has 0 amide bonds. The molecular weight excluding hydrogens is 260 g/mol. The van der Waals surface area contributed by atoms with E-state index < -0.39 is 0 Å². The van der Waals surface area contributed by atoms with Crippen molar-refractivity contribution in [3.8, 4) is 6.07 Å². The van der Waals surface area contributed by atoms with Gasteiger partial charge in [-0.1, -0.05) is 12.1 Å². The summed E-state index contributed by atoms with van der Waals surface area (Å²) in [7, 11) is 0. The molecule has 0 fully saturated rings. The van der Waals surface area contributed by atoms with Crippen LogP contribution in [0.2, 0.25) is 0 Å². The zero-order valence-corrected chi connectivity index (χ0v) is 11.6. The maximum atomic E-state index is 9.32. The van der Waals surface area contributed by atoms with Gasteiger partial charge in [0.25, 0.3) is 0 Å². The van der Waals surface area contributed by atoms with Crippen LogP contribution >= 0.6 is 0 Å². The molecule has 0 bridgehead atoms. The fraction of sp³-hybridized carbons (Fsp3) is 0.0588. The second-order valence-corrected chi connectivity index (χ2v) is 4.93. The monoisotopic (exact) mass is 274 g/mol. The first-order valence-corrected chi connectivity index (χ1v) is 6.59. The van der Waals surface area contributed by atoms with Crippen molar-refractivity contribution in [2.24, 2.45) is 0 Å². The first-order valence-electron chi connectivity index (χ1n) is 6.59. The first kappa shape index (κ1) is 12.9. The fourth-order valence-corrected chi connectivity index (χ4v) is 2.30. The lowest BCUT2D eigenvalue weighted by atomic mass is 10.1. The average molecular weight is 274 g/mol. The Morgan fingerprint density at radius 1 is 1.19 bits per heavy atom. The van der Waals surface area contributed by atoms with Gasteiger partial charge in [0.05, 0.1) is 16.8 Å². The standard InChI is InChI=1S/C17H14N4/c1-11-3-2-4-14(7-11)21-17-12(9-18)10-20-16-6-5-13(19)8-15(16)17/h2-8,10H,19H2,1H3,(H,20,21). The number of benzene rings is 2. The Bertz CT molecular complexity index is 862. The van der Waals surface area contributed by atoms with Gasteiger partial charge in [0.15, 0.2) is 0 Å². The summed E-state index contributed by atoms with van der Waals surface area (Å²) in [6, 6.07) is 15.7. The van der Waals surface area contributed by atoms with E-state index >= 15 is 0 Å². The number of pyridine rings is 1. The van der Waals surface area contributed by atoms with Crippen LogP contribution < -0.4 is 11.1 Å². The molecule has 0 saturated carbocycles. The summed E-state index contributed by atoms with van der Waals surface area (Å²) in [6.45, 7) is 2.03. The predicted octanol–water partition coefficient (Wildman–Crippen LogP) is 3.74. The molecule has 0 spiro atoms. The van der Waals surface area contributed by atoms with E-state index in [1.807, 2.05) is 43.3 Å². The molecule has 0 atom stereocenters. The number of nitrogens with one attached hydrogen (secondary N) is 1. The largest absolute Gasteiger partial charge is 0.399 e. The van der Waals surface area contributed by atoms with E-state index in [1.54, 1.807) is 12.3 Å². The maximum absolute atomic E-state index is 9.32. The summed E-state index contributed by atoms with van der Waals surface area (Å²) >= 11 is 0. The van der Waals surface area contributed by atoms with Crippen molar-refractivity contribution < 1.29 is 0 Å². The normalized spacial score (nSPS) is 10.3. The van der Waals surface area contributed by atoms with E-state index in [-0.39, 0.29) is 0 Å². The molecule has 102 valence electrons. The summed E-state index contributed by atoms with van der Waals surface area (Å²) in [4.78, 5) is 4.29. The molecule has 0 radical (unpaired) electrons. The quantitative estimate of drug-likeness (QED) is 0.698. The third-order valence-electron chi connectivity index (χ3n) is 3.30. The Hall–Kier alpha value is -3.06. The van der Waals surface area contributed by atoms with Crippen molar-refractivity contribution >= 4 is 28.0 Å². The van der Waals surface area contributed by atoms with Crippen molar-refractivity contribution in [3.63, 3.8) is 0 Å². The number of hydrogen-bond donors (Lipinski definition) is 2. The van der Waals surface area contributed by atoms with Gasteiger partial charge in [0.1, 0.15) is 6.07 Å². The molecule has 3 aromatic rings. The fourth-order valence-electron chi connectivity index (χ4n) is 2.30. The molecule has 4 heteroatoms. The van der Waals surface area contributed by atoms with Crippen LogP contribution in [-0.4, -0.2) is 4.98 Å². The van der Waals surface area contributed by atoms with E-state index in [1.165, 1.54) is 0 Å². The van der Waals surface area contributed by atoms with Crippen LogP contribution in [0.1, 0.15) is 11.1 Å². The summed E-state index contributed by atoms with van der Waals surface area (Å²) in [6.07, 6.45) is 1.58. The van der Waals surface area contributed by atoms with Crippen molar-refractivity contribution in [2.45, 2.75) is 6.92 Å². The van der Waals surface area contributed by atoms with Crippen molar-refractivity contribution in [3.05, 3.63) is 59.8 Å². The van der Waals surface area contributed by atoms with E-state index in [0.717, 1.165) is 27.8 Å². The van der Waals surface area contributed by atoms with Gasteiger partial charge in [0, 0.05) is 23.0 Å². The molecule has 0 saturated heterocycles. The zero-order valence-electron chi connectivity index (χ0n) is 11.6. The molecule has 3 rings (SSSR count). The van der Waals surface area contributed by atoms with Crippen LogP contribution in [0.15, 0.2) is 48.7 Å². The number of nitrogens with two attached hydrogens (primary N) is 1. The van der Waals surface area contributed by atoms with Gasteiger partial charge >= 0.3 is 0 Å². The van der Waals surface area contributed by atoms with Gasteiger partial charge in [0.2, 0.25) is 0 Å². The SMILES string of the molecule is Cc1cccc(Nc2c(C#N)cnc3ccc(N)cc23)c1. The summed E-state index contributed by atoms with van der Waals surface area (Å²) in [5, 5.41) is 13.5. The van der Waals surface area contributed by atoms with E-state index in [9.17, 15) is 5.26 Å². The lowest BCUT2D eigenvalue weighted by molar-refractivity contribution is 1.36. The summed E-state index contributed by atoms with van der Waals surface area (Å²) in [5.41, 5.74) is 10.6. The molecule has 3 N–H and O–H groups in total. The Balaban J connectivity index is 2.19. The number of aryl methyl sites for hydroxylation is 1. The van der Waals surface area contributed by atoms with E-state index in [2.05, 4.69) is 16.4 Å². The number of nitrogens with zero attached hydrogens (tertiary/aromatic N) is 2. The number of nitrogen functional groups attached to an aromatic ring is 1. The first-order chi connectivity index (χ1) is 10.2. The van der Waals surface area contributed by atoms with Crippen LogP contribution in [0.25, 0.3) is 10.9 Å². The van der Waals surface area contributed by atoms with Crippen LogP contribution in [0.5, 0.6) is 0 Å². The minimum absolute atomic E-state index is 0.495. The highest BCUT2D eigenvalue weighted by molar-refractivity contribution is 5.97. The minimum Gasteiger partial charge on any atom is -0.399 e. The minimum atomic E-state index is 0.495. The molecule has 0 aliphatic heterocycles. The molecular formula is C17H14N4. The summed E-state index contributed by atoms with van der Waals surface area (Å²) < 4.78 is 0. The summed E-state index contributed by atoms with van der Waals surface area (Å²) in [5.74, 6) is 0. The van der Waals surface area contributed by atoms with Crippen molar-refractivity contribution in [1.29, 1.82) is 5.26 Å². The lowest BCUT2D eigenvalue weighted by Crippen LogP contribution is -1.97. The Morgan fingerprint density at radius 3 is 2.81 bits per heavy atom. The number of anilines is 3. The number of hydrogen-bond acceptors (Lipinski definition) is 4. The van der Waals surface area contributed by atoms with Gasteiger partial charge in [-0.3, -0.25) is 4.98 Å². The van der Waals surface area contributed by atoms with Crippen molar-refractivity contribution in [1.82, 2.24) is 4.98 Å². The zero-order chi connectivity index (χ0) is 14.8. The molecule has 1 heterocycles. The second kappa shape index (κ2) is 5.14. The lowest BCUT2D eigenvalue weighted by Gasteiger charge is -2.12. The Kier molecular flexibility index (Phi) is 3.17. The maximum Gasteiger partial charge on any atom is 0.103 e. The van der Waals surface area contributed by atoms with Crippen molar-refractivity contribution in [2.75, 3.05) is 11.1 Å². The molecule has 21 heavy (non-hydrogen) atoms. The number of rotatable bonds is 2. The van der Waals surface area contributed by atoms with Gasteiger partial charge in [-0.2, -0.15) is 5.26 Å².